The van der Waals surface area contributed by atoms with Crippen LogP contribution in [0.5, 0.6) is 0 Å². The first-order valence-corrected chi connectivity index (χ1v) is 4.75. The summed E-state index contributed by atoms with van der Waals surface area (Å²) in [6.45, 7) is 1.62. The molecule has 0 heterocycles. The summed E-state index contributed by atoms with van der Waals surface area (Å²) in [5.41, 5.74) is 5.86. The summed E-state index contributed by atoms with van der Waals surface area (Å²) in [6, 6.07) is 8.21. The molecule has 0 aliphatic rings. The van der Waals surface area contributed by atoms with Crippen LogP contribution in [0.25, 0.3) is 0 Å². The number of nitrogens with two attached hydrogens (primary N) is 1. The van der Waals surface area contributed by atoms with Crippen molar-refractivity contribution in [1.82, 2.24) is 0 Å². The Morgan fingerprint density at radius 2 is 2.14 bits per heavy atom. The van der Waals surface area contributed by atoms with Gasteiger partial charge in [0.25, 0.3) is 0 Å². The van der Waals surface area contributed by atoms with Crippen LogP contribution in [-0.2, 0) is 0 Å². The molecule has 0 aliphatic heterocycles. The average Bonchev–Trinajstić information content (AvgIpc) is 2.16. The number of benzene rings is 1. The Hall–Kier alpha value is -1.47. The number of hydrogen-bond donors (Lipinski definition) is 1. The van der Waals surface area contributed by atoms with Crippen molar-refractivity contribution in [3.8, 4) is 6.07 Å². The molecule has 1 aromatic rings. The Balaban J connectivity index is 2.96. The summed E-state index contributed by atoms with van der Waals surface area (Å²) >= 11 is 1.04. The normalized spacial score (nSPS) is 11.8. The van der Waals surface area contributed by atoms with E-state index in [2.05, 4.69) is 0 Å². The van der Waals surface area contributed by atoms with Crippen molar-refractivity contribution in [1.29, 1.82) is 5.26 Å². The molecule has 0 atom stereocenters. The molecule has 0 unspecified atom stereocenters. The van der Waals surface area contributed by atoms with Crippen molar-refractivity contribution in [2.24, 2.45) is 5.73 Å². The van der Waals surface area contributed by atoms with E-state index in [0.717, 1.165) is 11.8 Å². The van der Waals surface area contributed by atoms with Gasteiger partial charge in [-0.2, -0.15) is 5.26 Å². The fourth-order valence-electron chi connectivity index (χ4n) is 0.829. The summed E-state index contributed by atoms with van der Waals surface area (Å²) in [5, 5.41) is 8.72. The molecule has 4 heteroatoms. The molecular weight excluding hydrogens is 199 g/mol. The molecule has 2 N–H and O–H groups in total. The molecule has 0 aliphatic carbocycles. The third kappa shape index (κ3) is 2.51. The van der Waals surface area contributed by atoms with Gasteiger partial charge in [0, 0.05) is 10.6 Å². The van der Waals surface area contributed by atoms with E-state index in [1.807, 2.05) is 6.07 Å². The van der Waals surface area contributed by atoms with Crippen LogP contribution < -0.4 is 5.73 Å². The minimum absolute atomic E-state index is 0.329. The standard InChI is InChI=1S/C10H9FN2S/c1-7(13)10(6-12)14-9-5-3-2-4-8(9)11/h2-5H,13H2,1H3/b10-7-. The van der Waals surface area contributed by atoms with E-state index in [1.54, 1.807) is 25.1 Å². The predicted molar refractivity (Wildman–Crippen MR) is 54.8 cm³/mol. The highest BCUT2D eigenvalue weighted by Crippen LogP contribution is 2.28. The third-order valence-electron chi connectivity index (χ3n) is 1.51. The zero-order valence-corrected chi connectivity index (χ0v) is 8.44. The van der Waals surface area contributed by atoms with Gasteiger partial charge in [-0.1, -0.05) is 23.9 Å². The lowest BCUT2D eigenvalue weighted by molar-refractivity contribution is 0.602. The molecule has 1 aromatic carbocycles. The smallest absolute Gasteiger partial charge is 0.137 e. The maximum Gasteiger partial charge on any atom is 0.137 e. The SMILES string of the molecule is C/C(N)=C(\C#N)Sc1ccccc1F. The van der Waals surface area contributed by atoms with Crippen LogP contribution in [0.4, 0.5) is 4.39 Å². The van der Waals surface area contributed by atoms with Gasteiger partial charge >= 0.3 is 0 Å². The maximum absolute atomic E-state index is 13.2. The maximum atomic E-state index is 13.2. The van der Waals surface area contributed by atoms with E-state index in [1.165, 1.54) is 6.07 Å². The number of hydrogen-bond acceptors (Lipinski definition) is 3. The number of halogens is 1. The Morgan fingerprint density at radius 1 is 1.50 bits per heavy atom. The molecule has 1 rings (SSSR count). The van der Waals surface area contributed by atoms with Crippen molar-refractivity contribution >= 4 is 11.8 Å². The van der Waals surface area contributed by atoms with E-state index in [9.17, 15) is 4.39 Å². The molecule has 0 aromatic heterocycles. The Morgan fingerprint density at radius 3 is 2.64 bits per heavy atom. The van der Waals surface area contributed by atoms with Crippen LogP contribution in [0.15, 0.2) is 39.8 Å². The first kappa shape index (κ1) is 10.6. The highest BCUT2D eigenvalue weighted by Gasteiger charge is 2.06. The summed E-state index contributed by atoms with van der Waals surface area (Å²) in [7, 11) is 0. The van der Waals surface area contributed by atoms with Gasteiger partial charge in [-0.3, -0.25) is 0 Å². The van der Waals surface area contributed by atoms with Crippen molar-refractivity contribution in [2.45, 2.75) is 11.8 Å². The summed E-state index contributed by atoms with van der Waals surface area (Å²) < 4.78 is 13.2. The molecule has 0 saturated carbocycles. The second kappa shape index (κ2) is 4.68. The molecule has 14 heavy (non-hydrogen) atoms. The van der Waals surface area contributed by atoms with Crippen molar-refractivity contribution in [2.75, 3.05) is 0 Å². The van der Waals surface area contributed by atoms with Gasteiger partial charge in [-0.15, -0.1) is 0 Å². The van der Waals surface area contributed by atoms with Crippen LogP contribution in [-0.4, -0.2) is 0 Å². The molecule has 0 amide bonds. The molecule has 72 valence electrons. The Kier molecular flexibility index (Phi) is 3.55. The highest BCUT2D eigenvalue weighted by atomic mass is 32.2. The molecular formula is C10H9FN2S. The molecule has 0 spiro atoms. The molecule has 2 nitrogen and oxygen atoms in total. The van der Waals surface area contributed by atoms with Crippen molar-refractivity contribution < 1.29 is 4.39 Å². The van der Waals surface area contributed by atoms with E-state index in [-0.39, 0.29) is 5.82 Å². The Bertz CT molecular complexity index is 403. The van der Waals surface area contributed by atoms with E-state index >= 15 is 0 Å². The number of nitrogens with zero attached hydrogens (tertiary/aromatic N) is 1. The minimum atomic E-state index is -0.341. The Labute approximate surface area is 86.2 Å². The molecule has 0 bridgehead atoms. The van der Waals surface area contributed by atoms with Gasteiger partial charge in [0.2, 0.25) is 0 Å². The lowest BCUT2D eigenvalue weighted by Gasteiger charge is -2.01. The van der Waals surface area contributed by atoms with Gasteiger partial charge in [-0.05, 0) is 19.1 Å². The molecule has 0 fully saturated rings. The zero-order chi connectivity index (χ0) is 10.6. The van der Waals surface area contributed by atoms with Gasteiger partial charge in [-0.25, -0.2) is 4.39 Å². The topological polar surface area (TPSA) is 49.8 Å². The second-order valence-electron chi connectivity index (χ2n) is 2.66. The zero-order valence-electron chi connectivity index (χ0n) is 7.62. The number of allylic oxidation sites excluding steroid dienone is 2. The molecule has 0 radical (unpaired) electrons. The fraction of sp³-hybridized carbons (Fsp3) is 0.100. The van der Waals surface area contributed by atoms with Crippen LogP contribution in [0, 0.1) is 17.1 Å². The van der Waals surface area contributed by atoms with E-state index in [0.29, 0.717) is 15.5 Å². The van der Waals surface area contributed by atoms with Crippen molar-refractivity contribution in [3.63, 3.8) is 0 Å². The van der Waals surface area contributed by atoms with Crippen LogP contribution in [0.1, 0.15) is 6.92 Å². The fourth-order valence-corrected chi connectivity index (χ4v) is 1.57. The van der Waals surface area contributed by atoms with Gasteiger partial charge in [0.15, 0.2) is 0 Å². The monoisotopic (exact) mass is 208 g/mol. The first-order valence-electron chi connectivity index (χ1n) is 3.94. The highest BCUT2D eigenvalue weighted by molar-refractivity contribution is 8.03. The average molecular weight is 208 g/mol. The van der Waals surface area contributed by atoms with Crippen LogP contribution in [0.2, 0.25) is 0 Å². The molecule has 0 saturated heterocycles. The summed E-state index contributed by atoms with van der Waals surface area (Å²) in [6.07, 6.45) is 0. The predicted octanol–water partition coefficient (Wildman–Crippen LogP) is 2.63. The quantitative estimate of drug-likeness (QED) is 0.600. The largest absolute Gasteiger partial charge is 0.401 e. The van der Waals surface area contributed by atoms with Crippen LogP contribution in [0.3, 0.4) is 0 Å². The van der Waals surface area contributed by atoms with Gasteiger partial charge in [0.1, 0.15) is 16.8 Å². The van der Waals surface area contributed by atoms with Crippen molar-refractivity contribution in [3.05, 3.63) is 40.7 Å². The minimum Gasteiger partial charge on any atom is -0.401 e. The summed E-state index contributed by atoms with van der Waals surface area (Å²) in [5.74, 6) is -0.341. The first-order chi connectivity index (χ1) is 6.65. The number of nitriles is 1. The van der Waals surface area contributed by atoms with E-state index < -0.39 is 0 Å². The van der Waals surface area contributed by atoms with Crippen LogP contribution >= 0.6 is 11.8 Å². The lowest BCUT2D eigenvalue weighted by atomic mass is 10.3. The van der Waals surface area contributed by atoms with Gasteiger partial charge in [0.05, 0.1) is 0 Å². The van der Waals surface area contributed by atoms with Gasteiger partial charge < -0.3 is 5.73 Å². The summed E-state index contributed by atoms with van der Waals surface area (Å²) in [4.78, 5) is 0.740. The lowest BCUT2D eigenvalue weighted by Crippen LogP contribution is -1.94. The number of thioether (sulfide) groups is 1. The second-order valence-corrected chi connectivity index (χ2v) is 3.71. The van der Waals surface area contributed by atoms with E-state index in [4.69, 9.17) is 11.0 Å². The number of rotatable bonds is 2. The third-order valence-corrected chi connectivity index (χ3v) is 2.68.